The van der Waals surface area contributed by atoms with Gasteiger partial charge in [0, 0.05) is 23.1 Å². The van der Waals surface area contributed by atoms with E-state index < -0.39 is 22.7 Å². The third kappa shape index (κ3) is 3.55. The number of halogens is 1. The van der Waals surface area contributed by atoms with Crippen LogP contribution in [0.1, 0.15) is 25.2 Å². The molecule has 0 spiro atoms. The molecule has 1 rings (SSSR count). The normalized spacial score (nSPS) is 14.4. The van der Waals surface area contributed by atoms with Crippen LogP contribution in [-0.4, -0.2) is 30.8 Å². The van der Waals surface area contributed by atoms with Gasteiger partial charge in [0.1, 0.15) is 0 Å². The van der Waals surface area contributed by atoms with Crippen LogP contribution in [0.2, 0.25) is 5.02 Å². The Hall–Kier alpha value is -0.880. The molecule has 0 radical (unpaired) electrons. The van der Waals surface area contributed by atoms with Crippen LogP contribution in [0, 0.1) is 12.8 Å². The molecule has 0 aliphatic heterocycles. The van der Waals surface area contributed by atoms with Gasteiger partial charge in [-0.25, -0.2) is 0 Å². The molecule has 0 bridgehead atoms. The minimum Gasteiger partial charge on any atom is -0.481 e. The number of aromatic nitrogens is 2. The first-order valence-corrected chi connectivity index (χ1v) is 7.53. The zero-order valence-electron chi connectivity index (χ0n) is 10.6. The smallest absolute Gasteiger partial charge is 0.307 e. The molecule has 1 N–H and O–H groups in total. The first-order valence-electron chi connectivity index (χ1n) is 5.66. The maximum absolute atomic E-state index is 11.9. The third-order valence-corrected chi connectivity index (χ3v) is 4.57. The molecule has 0 fully saturated rings. The van der Waals surface area contributed by atoms with E-state index in [0.717, 1.165) is 0 Å². The second-order valence-corrected chi connectivity index (χ2v) is 6.03. The number of aryl methyl sites for hydroxylation is 2. The highest BCUT2D eigenvalue weighted by molar-refractivity contribution is 7.84. The van der Waals surface area contributed by atoms with E-state index in [0.29, 0.717) is 23.0 Å². The lowest BCUT2D eigenvalue weighted by Gasteiger charge is -2.08. The van der Waals surface area contributed by atoms with Crippen molar-refractivity contribution in [2.75, 3.05) is 5.75 Å². The van der Waals surface area contributed by atoms with Crippen LogP contribution in [0.4, 0.5) is 0 Å². The number of hydrogen-bond donors (Lipinski definition) is 1. The molecular formula is C11H17ClN2O3S. The Balaban J connectivity index is 2.79. The van der Waals surface area contributed by atoms with Gasteiger partial charge in [0.05, 0.1) is 28.1 Å². The van der Waals surface area contributed by atoms with Gasteiger partial charge in [-0.05, 0) is 13.8 Å². The van der Waals surface area contributed by atoms with Crippen LogP contribution in [0.5, 0.6) is 0 Å². The zero-order valence-corrected chi connectivity index (χ0v) is 12.2. The molecule has 1 heterocycles. The van der Waals surface area contributed by atoms with Crippen molar-refractivity contribution in [2.24, 2.45) is 5.92 Å². The molecule has 18 heavy (non-hydrogen) atoms. The van der Waals surface area contributed by atoms with Gasteiger partial charge in [-0.2, -0.15) is 5.10 Å². The number of aliphatic carboxylic acids is 1. The summed E-state index contributed by atoms with van der Waals surface area (Å²) in [6, 6.07) is 0. The van der Waals surface area contributed by atoms with E-state index in [2.05, 4.69) is 5.10 Å². The van der Waals surface area contributed by atoms with E-state index in [-0.39, 0.29) is 11.5 Å². The summed E-state index contributed by atoms with van der Waals surface area (Å²) in [5.41, 5.74) is 1.42. The molecule has 0 aliphatic carbocycles. The Labute approximate surface area is 114 Å². The number of carboxylic acid groups (broad SMARTS) is 1. The van der Waals surface area contributed by atoms with Crippen LogP contribution < -0.4 is 0 Å². The van der Waals surface area contributed by atoms with Crippen LogP contribution in [0.25, 0.3) is 0 Å². The first kappa shape index (κ1) is 15.2. The van der Waals surface area contributed by atoms with Gasteiger partial charge < -0.3 is 5.11 Å². The molecule has 5 nitrogen and oxygen atoms in total. The molecule has 1 aromatic heterocycles. The lowest BCUT2D eigenvalue weighted by molar-refractivity contribution is -0.140. The SMILES string of the molecule is CCn1nc(C)c(Cl)c1CS(=O)CC(C)C(=O)O. The van der Waals surface area contributed by atoms with Gasteiger partial charge in [-0.3, -0.25) is 13.7 Å². The Morgan fingerprint density at radius 2 is 2.22 bits per heavy atom. The molecule has 102 valence electrons. The van der Waals surface area contributed by atoms with Crippen molar-refractivity contribution in [1.29, 1.82) is 0 Å². The van der Waals surface area contributed by atoms with Crippen molar-refractivity contribution < 1.29 is 14.1 Å². The summed E-state index contributed by atoms with van der Waals surface area (Å²) in [7, 11) is -1.26. The highest BCUT2D eigenvalue weighted by Crippen LogP contribution is 2.22. The first-order chi connectivity index (χ1) is 8.36. The Kier molecular flexibility index (Phi) is 5.34. The predicted octanol–water partition coefficient (Wildman–Crippen LogP) is 1.83. The van der Waals surface area contributed by atoms with Crippen molar-refractivity contribution in [3.8, 4) is 0 Å². The second kappa shape index (κ2) is 6.33. The molecule has 1 aromatic rings. The fraction of sp³-hybridized carbons (Fsp3) is 0.636. The van der Waals surface area contributed by atoms with Crippen LogP contribution >= 0.6 is 11.6 Å². The van der Waals surface area contributed by atoms with Crippen molar-refractivity contribution in [3.05, 3.63) is 16.4 Å². The van der Waals surface area contributed by atoms with E-state index >= 15 is 0 Å². The Morgan fingerprint density at radius 1 is 1.61 bits per heavy atom. The number of hydrogen-bond acceptors (Lipinski definition) is 3. The minimum absolute atomic E-state index is 0.125. The maximum atomic E-state index is 11.9. The molecule has 7 heteroatoms. The third-order valence-electron chi connectivity index (χ3n) is 2.61. The average Bonchev–Trinajstić information content (AvgIpc) is 2.56. The molecule has 2 atom stereocenters. The molecule has 0 aliphatic rings. The summed E-state index contributed by atoms with van der Waals surface area (Å²) in [4.78, 5) is 10.7. The summed E-state index contributed by atoms with van der Waals surface area (Å²) in [6.45, 7) is 5.91. The lowest BCUT2D eigenvalue weighted by Crippen LogP contribution is -2.19. The van der Waals surface area contributed by atoms with Gasteiger partial charge in [-0.15, -0.1) is 0 Å². The Bertz CT molecular complexity index is 473. The van der Waals surface area contributed by atoms with Gasteiger partial charge in [0.15, 0.2) is 0 Å². The lowest BCUT2D eigenvalue weighted by atomic mass is 10.2. The van der Waals surface area contributed by atoms with Gasteiger partial charge >= 0.3 is 5.97 Å². The molecule has 0 aromatic carbocycles. The summed E-state index contributed by atoms with van der Waals surface area (Å²) in [5.74, 6) is -1.19. The van der Waals surface area contributed by atoms with E-state index in [1.54, 1.807) is 18.5 Å². The quantitative estimate of drug-likeness (QED) is 0.868. The number of carboxylic acids is 1. The highest BCUT2D eigenvalue weighted by Gasteiger charge is 2.19. The fourth-order valence-electron chi connectivity index (χ4n) is 1.57. The van der Waals surface area contributed by atoms with Crippen LogP contribution in [-0.2, 0) is 27.9 Å². The largest absolute Gasteiger partial charge is 0.481 e. The molecule has 2 unspecified atom stereocenters. The summed E-state index contributed by atoms with van der Waals surface area (Å²) >= 11 is 6.10. The van der Waals surface area contributed by atoms with Gasteiger partial charge in [0.2, 0.25) is 0 Å². The van der Waals surface area contributed by atoms with Crippen LogP contribution in [0.15, 0.2) is 0 Å². The van der Waals surface area contributed by atoms with Gasteiger partial charge in [-0.1, -0.05) is 18.5 Å². The second-order valence-electron chi connectivity index (χ2n) is 4.15. The van der Waals surface area contributed by atoms with E-state index in [9.17, 15) is 9.00 Å². The number of nitrogens with zero attached hydrogens (tertiary/aromatic N) is 2. The van der Waals surface area contributed by atoms with E-state index in [4.69, 9.17) is 16.7 Å². The van der Waals surface area contributed by atoms with Crippen molar-refractivity contribution in [3.63, 3.8) is 0 Å². The molecule has 0 amide bonds. The van der Waals surface area contributed by atoms with E-state index in [1.165, 1.54) is 0 Å². The monoisotopic (exact) mass is 292 g/mol. The van der Waals surface area contributed by atoms with Crippen LogP contribution in [0.3, 0.4) is 0 Å². The Morgan fingerprint density at radius 3 is 2.72 bits per heavy atom. The molecule has 0 saturated heterocycles. The highest BCUT2D eigenvalue weighted by atomic mass is 35.5. The van der Waals surface area contributed by atoms with Crippen molar-refractivity contribution in [1.82, 2.24) is 9.78 Å². The van der Waals surface area contributed by atoms with E-state index in [1.807, 2.05) is 6.92 Å². The standard InChI is InChI=1S/C11H17ClN2O3S/c1-4-14-9(10(12)8(3)13-14)6-18(17)5-7(2)11(15)16/h7H,4-6H2,1-3H3,(H,15,16). The number of rotatable bonds is 6. The zero-order chi connectivity index (χ0) is 13.9. The summed E-state index contributed by atoms with van der Waals surface area (Å²) in [5, 5.41) is 13.5. The molecular weight excluding hydrogens is 276 g/mol. The number of carbonyl (C=O) groups is 1. The summed E-state index contributed by atoms with van der Waals surface area (Å²) < 4.78 is 13.6. The molecule has 0 saturated carbocycles. The van der Waals surface area contributed by atoms with Gasteiger partial charge in [0.25, 0.3) is 0 Å². The topological polar surface area (TPSA) is 72.2 Å². The van der Waals surface area contributed by atoms with Crippen molar-refractivity contribution in [2.45, 2.75) is 33.1 Å². The average molecular weight is 293 g/mol. The van der Waals surface area contributed by atoms with Crippen molar-refractivity contribution >= 4 is 28.4 Å². The maximum Gasteiger partial charge on any atom is 0.307 e. The predicted molar refractivity (Wildman–Crippen MR) is 71.2 cm³/mol. The fourth-order valence-corrected chi connectivity index (χ4v) is 3.27. The minimum atomic E-state index is -1.26. The summed E-state index contributed by atoms with van der Waals surface area (Å²) in [6.07, 6.45) is 0.